The van der Waals surface area contributed by atoms with E-state index in [4.69, 9.17) is 4.74 Å². The molecule has 2 aromatic carbocycles. The lowest BCUT2D eigenvalue weighted by Gasteiger charge is -2.19. The Balaban J connectivity index is 1.79. The van der Waals surface area contributed by atoms with Gasteiger partial charge in [-0.25, -0.2) is 4.79 Å². The van der Waals surface area contributed by atoms with Crippen LogP contribution in [0.25, 0.3) is 22.3 Å². The van der Waals surface area contributed by atoms with Crippen LogP contribution in [0.5, 0.6) is 11.5 Å². The van der Waals surface area contributed by atoms with Crippen molar-refractivity contribution in [1.82, 2.24) is 13.7 Å². The van der Waals surface area contributed by atoms with Crippen molar-refractivity contribution >= 4 is 11.0 Å². The highest BCUT2D eigenvalue weighted by Crippen LogP contribution is 2.34. The number of hydrogen-bond donors (Lipinski definition) is 1. The van der Waals surface area contributed by atoms with Gasteiger partial charge in [-0.05, 0) is 55.0 Å². The molecule has 0 amide bonds. The summed E-state index contributed by atoms with van der Waals surface area (Å²) in [6.07, 6.45) is 2.04. The van der Waals surface area contributed by atoms with Crippen molar-refractivity contribution in [2.24, 2.45) is 14.1 Å². The number of aryl methyl sites for hydroxylation is 2. The maximum atomic E-state index is 12.2. The highest BCUT2D eigenvalue weighted by atomic mass is 16.5. The largest absolute Gasteiger partial charge is 0.504 e. The Morgan fingerprint density at radius 1 is 1.00 bits per heavy atom. The number of rotatable bonds is 4. The smallest absolute Gasteiger partial charge is 0.328 e. The first-order valence-electron chi connectivity index (χ1n) is 9.12. The molecule has 0 fully saturated rings. The average Bonchev–Trinajstić information content (AvgIpc) is 3.28. The van der Waals surface area contributed by atoms with Gasteiger partial charge in [-0.2, -0.15) is 0 Å². The lowest BCUT2D eigenvalue weighted by molar-refractivity contribution is 0.373. The minimum absolute atomic E-state index is 0.0300. The van der Waals surface area contributed by atoms with Gasteiger partial charge in [0.2, 0.25) is 0 Å². The minimum Gasteiger partial charge on any atom is -0.504 e. The van der Waals surface area contributed by atoms with Crippen molar-refractivity contribution in [1.29, 1.82) is 0 Å². The molecule has 1 atom stereocenters. The Hall–Kier alpha value is -3.41. The molecule has 0 saturated carbocycles. The molecule has 0 aliphatic heterocycles. The van der Waals surface area contributed by atoms with Gasteiger partial charge in [-0.1, -0.05) is 6.07 Å². The van der Waals surface area contributed by atoms with E-state index in [0.29, 0.717) is 5.75 Å². The summed E-state index contributed by atoms with van der Waals surface area (Å²) in [7, 11) is 5.12. The molecule has 0 radical (unpaired) electrons. The Morgan fingerprint density at radius 2 is 1.75 bits per heavy atom. The summed E-state index contributed by atoms with van der Waals surface area (Å²) < 4.78 is 10.8. The van der Waals surface area contributed by atoms with E-state index < -0.39 is 0 Å². The highest BCUT2D eigenvalue weighted by molar-refractivity contribution is 5.77. The molecule has 2 heterocycles. The average molecular weight is 377 g/mol. The number of hydrogen-bond acceptors (Lipinski definition) is 3. The van der Waals surface area contributed by atoms with Crippen molar-refractivity contribution in [3.8, 4) is 22.8 Å². The van der Waals surface area contributed by atoms with Crippen LogP contribution in [0.1, 0.15) is 18.5 Å². The van der Waals surface area contributed by atoms with Crippen LogP contribution in [0.2, 0.25) is 0 Å². The van der Waals surface area contributed by atoms with Gasteiger partial charge in [0.15, 0.2) is 11.5 Å². The van der Waals surface area contributed by atoms with E-state index >= 15 is 0 Å². The molecule has 6 nitrogen and oxygen atoms in total. The minimum atomic E-state index is -0.0300. The second-order valence-electron chi connectivity index (χ2n) is 7.01. The van der Waals surface area contributed by atoms with E-state index in [-0.39, 0.29) is 17.5 Å². The van der Waals surface area contributed by atoms with Crippen molar-refractivity contribution in [3.63, 3.8) is 0 Å². The van der Waals surface area contributed by atoms with E-state index in [9.17, 15) is 9.90 Å². The van der Waals surface area contributed by atoms with Crippen molar-refractivity contribution in [2.75, 3.05) is 7.11 Å². The molecule has 0 unspecified atom stereocenters. The third-order valence-corrected chi connectivity index (χ3v) is 5.45. The third kappa shape index (κ3) is 2.69. The van der Waals surface area contributed by atoms with Gasteiger partial charge < -0.3 is 14.4 Å². The quantitative estimate of drug-likeness (QED) is 0.590. The zero-order valence-electron chi connectivity index (χ0n) is 16.4. The monoisotopic (exact) mass is 377 g/mol. The van der Waals surface area contributed by atoms with E-state index in [1.54, 1.807) is 36.4 Å². The zero-order chi connectivity index (χ0) is 20.0. The van der Waals surface area contributed by atoms with E-state index in [1.165, 1.54) is 0 Å². The van der Waals surface area contributed by atoms with Gasteiger partial charge in [-0.15, -0.1) is 0 Å². The Labute approximate surface area is 162 Å². The molecule has 144 valence electrons. The van der Waals surface area contributed by atoms with E-state index in [0.717, 1.165) is 27.9 Å². The van der Waals surface area contributed by atoms with Crippen LogP contribution in [0.3, 0.4) is 0 Å². The Kier molecular flexibility index (Phi) is 4.26. The number of phenols is 1. The van der Waals surface area contributed by atoms with Gasteiger partial charge in [0.1, 0.15) is 0 Å². The van der Waals surface area contributed by atoms with Crippen LogP contribution < -0.4 is 10.4 Å². The summed E-state index contributed by atoms with van der Waals surface area (Å²) >= 11 is 0. The molecule has 0 aliphatic rings. The zero-order valence-corrected chi connectivity index (χ0v) is 16.4. The van der Waals surface area contributed by atoms with Crippen molar-refractivity contribution < 1.29 is 9.84 Å². The highest BCUT2D eigenvalue weighted by Gasteiger charge is 2.16. The molecule has 0 saturated heterocycles. The van der Waals surface area contributed by atoms with E-state index in [2.05, 4.69) is 23.6 Å². The second kappa shape index (κ2) is 6.64. The SMILES string of the molecule is COc1cc(-c2cccn2[C@@H](C)c2ccc3c(c2)n(C)c(=O)n3C)ccc1O. The molecule has 2 aromatic heterocycles. The van der Waals surface area contributed by atoms with Crippen LogP contribution >= 0.6 is 0 Å². The number of methoxy groups -OCH3 is 1. The van der Waals surface area contributed by atoms with Crippen LogP contribution in [-0.4, -0.2) is 25.9 Å². The lowest BCUT2D eigenvalue weighted by Crippen LogP contribution is -2.19. The first-order chi connectivity index (χ1) is 13.4. The molecule has 4 rings (SSSR count). The molecule has 28 heavy (non-hydrogen) atoms. The van der Waals surface area contributed by atoms with E-state index in [1.807, 2.05) is 36.5 Å². The van der Waals surface area contributed by atoms with Gasteiger partial charge in [0.25, 0.3) is 0 Å². The summed E-state index contributed by atoms with van der Waals surface area (Å²) in [5, 5.41) is 9.88. The van der Waals surface area contributed by atoms with Crippen LogP contribution in [-0.2, 0) is 14.1 Å². The summed E-state index contributed by atoms with van der Waals surface area (Å²) in [6.45, 7) is 2.13. The van der Waals surface area contributed by atoms with Crippen molar-refractivity contribution in [2.45, 2.75) is 13.0 Å². The number of ether oxygens (including phenoxy) is 1. The predicted octanol–water partition coefficient (Wildman–Crippen LogP) is 3.67. The fourth-order valence-corrected chi connectivity index (χ4v) is 3.76. The Morgan fingerprint density at radius 3 is 2.50 bits per heavy atom. The molecule has 0 bridgehead atoms. The summed E-state index contributed by atoms with van der Waals surface area (Å²) in [5.41, 5.74) is 4.89. The normalized spacial score (nSPS) is 12.4. The van der Waals surface area contributed by atoms with Gasteiger partial charge in [0.05, 0.1) is 24.2 Å². The fourth-order valence-electron chi connectivity index (χ4n) is 3.76. The fraction of sp³-hybridized carbons (Fsp3) is 0.227. The Bertz CT molecular complexity index is 1230. The molecule has 6 heteroatoms. The molecule has 0 aliphatic carbocycles. The molecule has 4 aromatic rings. The third-order valence-electron chi connectivity index (χ3n) is 5.45. The predicted molar refractivity (Wildman–Crippen MR) is 110 cm³/mol. The first kappa shape index (κ1) is 18.0. The summed E-state index contributed by atoms with van der Waals surface area (Å²) in [5.74, 6) is 0.562. The summed E-state index contributed by atoms with van der Waals surface area (Å²) in [4.78, 5) is 12.2. The number of nitrogens with zero attached hydrogens (tertiary/aromatic N) is 3. The second-order valence-corrected chi connectivity index (χ2v) is 7.01. The molecular weight excluding hydrogens is 354 g/mol. The van der Waals surface area contributed by atoms with Crippen molar-refractivity contribution in [3.05, 3.63) is 70.8 Å². The first-order valence-corrected chi connectivity index (χ1v) is 9.12. The van der Waals surface area contributed by atoms with Gasteiger partial charge in [0, 0.05) is 31.5 Å². The maximum absolute atomic E-state index is 12.2. The number of aromatic hydroxyl groups is 1. The van der Waals surface area contributed by atoms with Crippen LogP contribution in [0.15, 0.2) is 59.5 Å². The summed E-state index contributed by atoms with van der Waals surface area (Å²) in [6, 6.07) is 15.6. The number of phenolic OH excluding ortho intramolecular Hbond substituents is 1. The lowest BCUT2D eigenvalue weighted by atomic mass is 10.1. The number of benzene rings is 2. The van der Waals surface area contributed by atoms with Gasteiger partial charge in [-0.3, -0.25) is 9.13 Å². The molecule has 0 spiro atoms. The number of fused-ring (bicyclic) bond motifs is 1. The number of aromatic nitrogens is 3. The topological polar surface area (TPSA) is 61.3 Å². The standard InChI is InChI=1S/C22H23N3O3/c1-14(15-7-9-18-19(12-15)24(3)22(27)23(18)2)25-11-5-6-17(25)16-8-10-20(26)21(13-16)28-4/h5-14,26H,1-4H3/t14-/m0/s1. The van der Waals surface area contributed by atoms with Crippen LogP contribution in [0, 0.1) is 0 Å². The maximum Gasteiger partial charge on any atom is 0.328 e. The number of imidazole rings is 1. The van der Waals surface area contributed by atoms with Gasteiger partial charge >= 0.3 is 5.69 Å². The molecule has 1 N–H and O–H groups in total. The van der Waals surface area contributed by atoms with Crippen LogP contribution in [0.4, 0.5) is 0 Å². The molecular formula is C22H23N3O3.